The Morgan fingerprint density at radius 3 is 2.29 bits per heavy atom. The van der Waals surface area contributed by atoms with E-state index >= 15 is 0 Å². The van der Waals surface area contributed by atoms with Crippen molar-refractivity contribution in [1.82, 2.24) is 0 Å². The van der Waals surface area contributed by atoms with E-state index in [1.165, 1.54) is 26.0 Å². The number of carbonyl (C=O) groups excluding carboxylic acids is 2. The number of anilines is 1. The molecule has 1 aromatic rings. The van der Waals surface area contributed by atoms with Gasteiger partial charge in [0.2, 0.25) is 11.6 Å². The van der Waals surface area contributed by atoms with Crippen molar-refractivity contribution in [2.45, 2.75) is 20.3 Å². The standard InChI is InChI=1S/C14H15N3O6S/c1-8-3-11(16(20)21)14(12(4-8)17(22)23)15-6-10(5-13(15)19)7-24-9(2)18/h3-4,10H,5-7H2,1-2H3. The molecule has 0 N–H and O–H groups in total. The molecule has 0 radical (unpaired) electrons. The van der Waals surface area contributed by atoms with Gasteiger partial charge in [-0.3, -0.25) is 29.8 Å². The van der Waals surface area contributed by atoms with Crippen molar-refractivity contribution < 1.29 is 19.4 Å². The Balaban J connectivity index is 2.43. The average molecular weight is 353 g/mol. The van der Waals surface area contributed by atoms with Crippen LogP contribution in [0.5, 0.6) is 0 Å². The first kappa shape index (κ1) is 17.9. The van der Waals surface area contributed by atoms with Gasteiger partial charge < -0.3 is 4.90 Å². The molecule has 0 aromatic heterocycles. The number of nitro groups is 2. The Morgan fingerprint density at radius 2 is 1.83 bits per heavy atom. The summed E-state index contributed by atoms with van der Waals surface area (Å²) in [5.41, 5.74) is -0.840. The number of nitrogens with zero attached hydrogens (tertiary/aromatic N) is 3. The SMILES string of the molecule is CC(=O)SCC1CC(=O)N(c2c([N+](=O)[O-])cc(C)cc2[N+](=O)[O-])C1. The second-order valence-corrected chi connectivity index (χ2v) is 6.74. The summed E-state index contributed by atoms with van der Waals surface area (Å²) >= 11 is 1.07. The number of benzene rings is 1. The van der Waals surface area contributed by atoms with E-state index in [0.717, 1.165) is 16.7 Å². The predicted octanol–water partition coefficient (Wildman–Crippen LogP) is 2.44. The highest BCUT2D eigenvalue weighted by molar-refractivity contribution is 8.13. The fraction of sp³-hybridized carbons (Fsp3) is 0.429. The Hall–Kier alpha value is -2.49. The van der Waals surface area contributed by atoms with Gasteiger partial charge in [-0.15, -0.1) is 0 Å². The van der Waals surface area contributed by atoms with Crippen molar-refractivity contribution >= 4 is 39.8 Å². The number of amides is 1. The molecule has 1 amide bonds. The molecule has 0 spiro atoms. The van der Waals surface area contributed by atoms with Crippen LogP contribution in [0.1, 0.15) is 18.9 Å². The third-order valence-electron chi connectivity index (χ3n) is 3.60. The van der Waals surface area contributed by atoms with Gasteiger partial charge in [0.25, 0.3) is 11.4 Å². The van der Waals surface area contributed by atoms with E-state index in [1.54, 1.807) is 0 Å². The minimum atomic E-state index is -0.722. The molecular formula is C14H15N3O6S. The van der Waals surface area contributed by atoms with Gasteiger partial charge in [-0.1, -0.05) is 11.8 Å². The van der Waals surface area contributed by atoms with E-state index in [2.05, 4.69) is 0 Å². The van der Waals surface area contributed by atoms with E-state index in [1.807, 2.05) is 0 Å². The summed E-state index contributed by atoms with van der Waals surface area (Å²) in [6.07, 6.45) is 0.0997. The van der Waals surface area contributed by atoms with Gasteiger partial charge in [0.05, 0.1) is 9.85 Å². The lowest BCUT2D eigenvalue weighted by Gasteiger charge is -2.17. The summed E-state index contributed by atoms with van der Waals surface area (Å²) in [5, 5.41) is 22.5. The van der Waals surface area contributed by atoms with E-state index in [0.29, 0.717) is 11.3 Å². The maximum Gasteiger partial charge on any atom is 0.300 e. The van der Waals surface area contributed by atoms with Crippen LogP contribution in [0.4, 0.5) is 17.1 Å². The second kappa shape index (κ2) is 6.95. The highest BCUT2D eigenvalue weighted by Gasteiger charge is 2.39. The Kier molecular flexibility index (Phi) is 5.17. The normalized spacial score (nSPS) is 17.2. The van der Waals surface area contributed by atoms with Gasteiger partial charge in [0.1, 0.15) is 0 Å². The number of aryl methyl sites for hydroxylation is 1. The topological polar surface area (TPSA) is 124 Å². The zero-order valence-corrected chi connectivity index (χ0v) is 13.9. The number of thioether (sulfide) groups is 1. The maximum atomic E-state index is 12.3. The van der Waals surface area contributed by atoms with Crippen LogP contribution in [0.25, 0.3) is 0 Å². The summed E-state index contributed by atoms with van der Waals surface area (Å²) in [7, 11) is 0. The van der Waals surface area contributed by atoms with Crippen LogP contribution in [0.15, 0.2) is 12.1 Å². The monoisotopic (exact) mass is 353 g/mol. The van der Waals surface area contributed by atoms with Crippen molar-refractivity contribution in [2.24, 2.45) is 5.92 Å². The molecule has 0 aliphatic carbocycles. The Bertz CT molecular complexity index is 700. The zero-order chi connectivity index (χ0) is 18.0. The lowest BCUT2D eigenvalue weighted by Crippen LogP contribution is -2.26. The number of carbonyl (C=O) groups is 2. The van der Waals surface area contributed by atoms with Crippen LogP contribution in [-0.2, 0) is 9.59 Å². The molecule has 1 unspecified atom stereocenters. The summed E-state index contributed by atoms with van der Waals surface area (Å²) in [5.74, 6) is -0.212. The first-order valence-corrected chi connectivity index (χ1v) is 8.06. The molecule has 1 aliphatic heterocycles. The fourth-order valence-electron chi connectivity index (χ4n) is 2.64. The Morgan fingerprint density at radius 1 is 1.29 bits per heavy atom. The molecule has 0 saturated carbocycles. The summed E-state index contributed by atoms with van der Waals surface area (Å²) in [6.45, 7) is 3.04. The van der Waals surface area contributed by atoms with E-state index in [9.17, 15) is 29.8 Å². The third kappa shape index (κ3) is 3.70. The number of nitro benzene ring substituents is 2. The van der Waals surface area contributed by atoms with Crippen LogP contribution in [0.3, 0.4) is 0 Å². The van der Waals surface area contributed by atoms with E-state index in [-0.39, 0.29) is 29.7 Å². The molecule has 1 saturated heterocycles. The lowest BCUT2D eigenvalue weighted by molar-refractivity contribution is -0.392. The average Bonchev–Trinajstić information content (AvgIpc) is 2.84. The highest BCUT2D eigenvalue weighted by atomic mass is 32.2. The number of hydrogen-bond acceptors (Lipinski definition) is 7. The van der Waals surface area contributed by atoms with Crippen molar-refractivity contribution in [2.75, 3.05) is 17.2 Å². The van der Waals surface area contributed by atoms with E-state index < -0.39 is 27.1 Å². The molecule has 9 nitrogen and oxygen atoms in total. The van der Waals surface area contributed by atoms with Crippen LogP contribution < -0.4 is 4.90 Å². The molecule has 10 heteroatoms. The van der Waals surface area contributed by atoms with Crippen molar-refractivity contribution in [3.63, 3.8) is 0 Å². The van der Waals surface area contributed by atoms with Crippen LogP contribution in [-0.4, -0.2) is 33.2 Å². The summed E-state index contributed by atoms with van der Waals surface area (Å²) < 4.78 is 0. The predicted molar refractivity (Wildman–Crippen MR) is 88.1 cm³/mol. The van der Waals surface area contributed by atoms with Gasteiger partial charge in [0.15, 0.2) is 5.12 Å². The number of hydrogen-bond donors (Lipinski definition) is 0. The van der Waals surface area contributed by atoms with Crippen molar-refractivity contribution in [1.29, 1.82) is 0 Å². The molecular weight excluding hydrogens is 338 g/mol. The van der Waals surface area contributed by atoms with Gasteiger partial charge in [-0.2, -0.15) is 0 Å². The molecule has 128 valence electrons. The molecule has 24 heavy (non-hydrogen) atoms. The van der Waals surface area contributed by atoms with Crippen LogP contribution >= 0.6 is 11.8 Å². The minimum Gasteiger partial charge on any atom is -0.300 e. The van der Waals surface area contributed by atoms with Gasteiger partial charge in [0, 0.05) is 37.8 Å². The zero-order valence-electron chi connectivity index (χ0n) is 13.1. The molecule has 1 atom stereocenters. The first-order valence-electron chi connectivity index (χ1n) is 7.07. The first-order chi connectivity index (χ1) is 11.2. The minimum absolute atomic E-state index is 0.0896. The summed E-state index contributed by atoms with van der Waals surface area (Å²) in [6, 6.07) is 2.43. The molecule has 1 heterocycles. The highest BCUT2D eigenvalue weighted by Crippen LogP contribution is 2.41. The quantitative estimate of drug-likeness (QED) is 0.588. The van der Waals surface area contributed by atoms with Crippen LogP contribution in [0, 0.1) is 33.1 Å². The van der Waals surface area contributed by atoms with Gasteiger partial charge in [-0.05, 0) is 18.4 Å². The van der Waals surface area contributed by atoms with Gasteiger partial charge in [-0.25, -0.2) is 0 Å². The van der Waals surface area contributed by atoms with Crippen molar-refractivity contribution in [3.05, 3.63) is 37.9 Å². The van der Waals surface area contributed by atoms with Crippen molar-refractivity contribution in [3.8, 4) is 0 Å². The van der Waals surface area contributed by atoms with Gasteiger partial charge >= 0.3 is 0 Å². The Labute approximate surface area is 141 Å². The fourth-order valence-corrected chi connectivity index (χ4v) is 3.33. The third-order valence-corrected chi connectivity index (χ3v) is 4.65. The smallest absolute Gasteiger partial charge is 0.300 e. The largest absolute Gasteiger partial charge is 0.300 e. The number of rotatable bonds is 5. The second-order valence-electron chi connectivity index (χ2n) is 5.54. The molecule has 1 fully saturated rings. The molecule has 0 bridgehead atoms. The lowest BCUT2D eigenvalue weighted by atomic mass is 10.1. The molecule has 2 rings (SSSR count). The van der Waals surface area contributed by atoms with Crippen LogP contribution in [0.2, 0.25) is 0 Å². The van der Waals surface area contributed by atoms with E-state index in [4.69, 9.17) is 0 Å². The summed E-state index contributed by atoms with van der Waals surface area (Å²) in [4.78, 5) is 45.6. The molecule has 1 aliphatic rings. The maximum absolute atomic E-state index is 12.3. The molecule has 1 aromatic carbocycles.